The van der Waals surface area contributed by atoms with Crippen molar-refractivity contribution in [2.75, 3.05) is 0 Å². The summed E-state index contributed by atoms with van der Waals surface area (Å²) in [7, 11) is 0. The van der Waals surface area contributed by atoms with Crippen LogP contribution in [-0.4, -0.2) is 20.6 Å². The minimum atomic E-state index is -0.946. The molecule has 0 aliphatic heterocycles. The third kappa shape index (κ3) is 3.43. The third-order valence-electron chi connectivity index (χ3n) is 4.73. The standard InChI is InChI=1S/C21H24N2O3/c1-5-15(4)23-18-8-7-16(21(24)25)11-17(18)22-20(23)12-26-19-9-6-13(2)10-14(19)3/h6-11,15H,5,12H2,1-4H3,(H,24,25). The quantitative estimate of drug-likeness (QED) is 0.685. The molecule has 0 spiro atoms. The molecule has 1 unspecified atom stereocenters. The summed E-state index contributed by atoms with van der Waals surface area (Å²) in [5, 5.41) is 9.22. The maximum atomic E-state index is 11.2. The van der Waals surface area contributed by atoms with Gasteiger partial charge < -0.3 is 14.4 Å². The molecule has 26 heavy (non-hydrogen) atoms. The van der Waals surface area contributed by atoms with Crippen molar-refractivity contribution in [2.45, 2.75) is 46.8 Å². The van der Waals surface area contributed by atoms with Gasteiger partial charge in [0.05, 0.1) is 16.6 Å². The molecule has 5 heteroatoms. The number of aromatic nitrogens is 2. The van der Waals surface area contributed by atoms with Crippen LogP contribution in [0.3, 0.4) is 0 Å². The number of aromatic carboxylic acids is 1. The van der Waals surface area contributed by atoms with E-state index in [-0.39, 0.29) is 11.6 Å². The number of nitrogens with zero attached hydrogens (tertiary/aromatic N) is 2. The van der Waals surface area contributed by atoms with Gasteiger partial charge in [0.1, 0.15) is 18.2 Å². The third-order valence-corrected chi connectivity index (χ3v) is 4.73. The van der Waals surface area contributed by atoms with Crippen molar-refractivity contribution in [2.24, 2.45) is 0 Å². The monoisotopic (exact) mass is 352 g/mol. The lowest BCUT2D eigenvalue weighted by molar-refractivity contribution is 0.0697. The molecular weight excluding hydrogens is 328 g/mol. The van der Waals surface area contributed by atoms with E-state index in [1.54, 1.807) is 12.1 Å². The molecular formula is C21H24N2O3. The number of carboxylic acids is 1. The number of imidazole rings is 1. The lowest BCUT2D eigenvalue weighted by atomic mass is 10.1. The maximum Gasteiger partial charge on any atom is 0.335 e. The van der Waals surface area contributed by atoms with E-state index in [4.69, 9.17) is 4.74 Å². The van der Waals surface area contributed by atoms with E-state index in [1.165, 1.54) is 5.56 Å². The predicted octanol–water partition coefficient (Wildman–Crippen LogP) is 4.90. The molecule has 0 saturated carbocycles. The van der Waals surface area contributed by atoms with E-state index in [2.05, 4.69) is 36.4 Å². The van der Waals surface area contributed by atoms with Crippen molar-refractivity contribution in [1.29, 1.82) is 0 Å². The van der Waals surface area contributed by atoms with Gasteiger partial charge in [0.25, 0.3) is 0 Å². The van der Waals surface area contributed by atoms with Gasteiger partial charge in [-0.3, -0.25) is 0 Å². The summed E-state index contributed by atoms with van der Waals surface area (Å²) in [6.45, 7) is 8.67. The Bertz CT molecular complexity index is 959. The Balaban J connectivity index is 1.98. The summed E-state index contributed by atoms with van der Waals surface area (Å²) in [6.07, 6.45) is 0.947. The Morgan fingerprint density at radius 3 is 2.65 bits per heavy atom. The summed E-state index contributed by atoms with van der Waals surface area (Å²) in [5.74, 6) is 0.694. The Labute approximate surface area is 153 Å². The summed E-state index contributed by atoms with van der Waals surface area (Å²) >= 11 is 0. The molecule has 2 aromatic carbocycles. The van der Waals surface area contributed by atoms with E-state index < -0.39 is 5.97 Å². The lowest BCUT2D eigenvalue weighted by Crippen LogP contribution is -2.11. The molecule has 1 atom stereocenters. The number of aryl methyl sites for hydroxylation is 2. The van der Waals surface area contributed by atoms with E-state index >= 15 is 0 Å². The van der Waals surface area contributed by atoms with Gasteiger partial charge in [0.15, 0.2) is 0 Å². The minimum Gasteiger partial charge on any atom is -0.485 e. The first-order valence-electron chi connectivity index (χ1n) is 8.85. The fourth-order valence-electron chi connectivity index (χ4n) is 3.16. The number of hydrogen-bond donors (Lipinski definition) is 1. The van der Waals surface area contributed by atoms with Gasteiger partial charge >= 0.3 is 5.97 Å². The number of carbonyl (C=O) groups is 1. The smallest absolute Gasteiger partial charge is 0.335 e. The summed E-state index contributed by atoms with van der Waals surface area (Å²) in [4.78, 5) is 15.9. The zero-order valence-corrected chi connectivity index (χ0v) is 15.6. The van der Waals surface area contributed by atoms with Crippen LogP contribution in [0.5, 0.6) is 5.75 Å². The number of ether oxygens (including phenoxy) is 1. The summed E-state index contributed by atoms with van der Waals surface area (Å²) < 4.78 is 8.16. The van der Waals surface area contributed by atoms with Gasteiger partial charge in [-0.25, -0.2) is 9.78 Å². The molecule has 5 nitrogen and oxygen atoms in total. The molecule has 1 aromatic heterocycles. The number of rotatable bonds is 6. The van der Waals surface area contributed by atoms with Crippen molar-refractivity contribution >= 4 is 17.0 Å². The molecule has 3 aromatic rings. The molecule has 1 N–H and O–H groups in total. The normalized spacial score (nSPS) is 12.3. The molecule has 0 aliphatic rings. The second kappa shape index (κ2) is 7.20. The molecule has 0 amide bonds. The molecule has 136 valence electrons. The Kier molecular flexibility index (Phi) is 4.98. The highest BCUT2D eigenvalue weighted by Gasteiger charge is 2.17. The number of fused-ring (bicyclic) bond motifs is 1. The molecule has 0 fully saturated rings. The van der Waals surface area contributed by atoms with Crippen LogP contribution in [0, 0.1) is 13.8 Å². The van der Waals surface area contributed by atoms with Gasteiger partial charge in [-0.2, -0.15) is 0 Å². The van der Waals surface area contributed by atoms with Crippen LogP contribution >= 0.6 is 0 Å². The van der Waals surface area contributed by atoms with Crippen LogP contribution in [0.4, 0.5) is 0 Å². The Morgan fingerprint density at radius 1 is 1.23 bits per heavy atom. The van der Waals surface area contributed by atoms with Crippen molar-refractivity contribution < 1.29 is 14.6 Å². The van der Waals surface area contributed by atoms with Crippen LogP contribution in [-0.2, 0) is 6.61 Å². The highest BCUT2D eigenvalue weighted by molar-refractivity contribution is 5.92. The van der Waals surface area contributed by atoms with E-state index in [9.17, 15) is 9.90 Å². The lowest BCUT2D eigenvalue weighted by Gasteiger charge is -2.17. The van der Waals surface area contributed by atoms with Crippen molar-refractivity contribution in [3.63, 3.8) is 0 Å². The first-order chi connectivity index (χ1) is 12.4. The SMILES string of the molecule is CCC(C)n1c(COc2ccc(C)cc2C)nc2cc(C(=O)O)ccc21. The fraction of sp³-hybridized carbons (Fsp3) is 0.333. The van der Waals surface area contributed by atoms with Gasteiger partial charge in [-0.05, 0) is 57.0 Å². The van der Waals surface area contributed by atoms with Crippen molar-refractivity contribution in [3.05, 3.63) is 58.9 Å². The van der Waals surface area contributed by atoms with Crippen LogP contribution in [0.25, 0.3) is 11.0 Å². The Hall–Kier alpha value is -2.82. The number of carboxylic acid groups (broad SMARTS) is 1. The first kappa shape index (κ1) is 18.0. The highest BCUT2D eigenvalue weighted by Crippen LogP contribution is 2.26. The van der Waals surface area contributed by atoms with Crippen LogP contribution in [0.2, 0.25) is 0 Å². The Morgan fingerprint density at radius 2 is 2.00 bits per heavy atom. The van der Waals surface area contributed by atoms with E-state index in [1.807, 2.05) is 25.1 Å². The minimum absolute atomic E-state index is 0.244. The molecule has 0 bridgehead atoms. The van der Waals surface area contributed by atoms with Crippen molar-refractivity contribution in [1.82, 2.24) is 9.55 Å². The largest absolute Gasteiger partial charge is 0.485 e. The first-order valence-corrected chi connectivity index (χ1v) is 8.85. The van der Waals surface area contributed by atoms with Crippen LogP contribution < -0.4 is 4.74 Å². The predicted molar refractivity (Wildman–Crippen MR) is 102 cm³/mol. The molecule has 0 aliphatic carbocycles. The number of benzene rings is 2. The summed E-state index contributed by atoms with van der Waals surface area (Å²) in [5.41, 5.74) is 4.15. The zero-order chi connectivity index (χ0) is 18.8. The van der Waals surface area contributed by atoms with Crippen molar-refractivity contribution in [3.8, 4) is 5.75 Å². The van der Waals surface area contributed by atoms with Gasteiger partial charge in [0, 0.05) is 6.04 Å². The molecule has 3 rings (SSSR count). The highest BCUT2D eigenvalue weighted by atomic mass is 16.5. The summed E-state index contributed by atoms with van der Waals surface area (Å²) in [6, 6.07) is 11.4. The van der Waals surface area contributed by atoms with E-state index in [0.717, 1.165) is 29.1 Å². The zero-order valence-electron chi connectivity index (χ0n) is 15.6. The topological polar surface area (TPSA) is 64.4 Å². The van der Waals surface area contributed by atoms with Crippen LogP contribution in [0.1, 0.15) is 53.6 Å². The second-order valence-corrected chi connectivity index (χ2v) is 6.72. The van der Waals surface area contributed by atoms with Gasteiger partial charge in [-0.15, -0.1) is 0 Å². The molecule has 0 saturated heterocycles. The number of hydrogen-bond acceptors (Lipinski definition) is 3. The molecule has 1 heterocycles. The van der Waals surface area contributed by atoms with Crippen LogP contribution in [0.15, 0.2) is 36.4 Å². The average molecular weight is 352 g/mol. The molecule has 0 radical (unpaired) electrons. The average Bonchev–Trinajstić information content (AvgIpc) is 2.97. The fourth-order valence-corrected chi connectivity index (χ4v) is 3.16. The van der Waals surface area contributed by atoms with E-state index in [0.29, 0.717) is 12.1 Å². The second-order valence-electron chi connectivity index (χ2n) is 6.72. The van der Waals surface area contributed by atoms with Gasteiger partial charge in [-0.1, -0.05) is 24.6 Å². The maximum absolute atomic E-state index is 11.2. The van der Waals surface area contributed by atoms with Gasteiger partial charge in [0.2, 0.25) is 0 Å².